The lowest BCUT2D eigenvalue weighted by molar-refractivity contribution is -0.142. The van der Waals surface area contributed by atoms with E-state index in [9.17, 15) is 4.79 Å². The van der Waals surface area contributed by atoms with Crippen molar-refractivity contribution in [1.29, 1.82) is 0 Å². The van der Waals surface area contributed by atoms with Gasteiger partial charge in [-0.25, -0.2) is 0 Å². The summed E-state index contributed by atoms with van der Waals surface area (Å²) in [5.41, 5.74) is 0. The fourth-order valence-electron chi connectivity index (χ4n) is 1.84. The van der Waals surface area contributed by atoms with Crippen molar-refractivity contribution in [1.82, 2.24) is 0 Å². The highest BCUT2D eigenvalue weighted by Gasteiger charge is 2.04. The maximum Gasteiger partial charge on any atom is 0.309 e. The molecule has 0 aromatic rings. The van der Waals surface area contributed by atoms with Crippen molar-refractivity contribution < 1.29 is 9.53 Å². The topological polar surface area (TPSA) is 26.3 Å². The van der Waals surface area contributed by atoms with Crippen molar-refractivity contribution in [3.63, 3.8) is 0 Å². The molecule has 2 heteroatoms. The Morgan fingerprint density at radius 2 is 1.76 bits per heavy atom. The van der Waals surface area contributed by atoms with Crippen LogP contribution in [0.25, 0.3) is 0 Å². The van der Waals surface area contributed by atoms with E-state index in [2.05, 4.69) is 25.2 Å². The maximum absolute atomic E-state index is 11.3. The van der Waals surface area contributed by atoms with Crippen LogP contribution in [0.5, 0.6) is 0 Å². The molecule has 1 rings (SSSR count). The van der Waals surface area contributed by atoms with Gasteiger partial charge in [0.1, 0.15) is 0 Å². The Hall–Kier alpha value is -1.05. The van der Waals surface area contributed by atoms with Gasteiger partial charge >= 0.3 is 5.97 Å². The molecule has 0 spiro atoms. The zero-order valence-electron chi connectivity index (χ0n) is 10.9. The van der Waals surface area contributed by atoms with E-state index in [1.807, 2.05) is 6.08 Å². The second kappa shape index (κ2) is 9.03. The van der Waals surface area contributed by atoms with Crippen LogP contribution < -0.4 is 0 Å². The van der Waals surface area contributed by atoms with E-state index in [4.69, 9.17) is 4.74 Å². The van der Waals surface area contributed by atoms with E-state index in [0.717, 1.165) is 32.1 Å². The first kappa shape index (κ1) is 14.0. The molecule has 1 atom stereocenters. The molecule has 0 N–H and O–H groups in total. The van der Waals surface area contributed by atoms with Crippen molar-refractivity contribution in [2.75, 3.05) is 6.61 Å². The highest BCUT2D eigenvalue weighted by molar-refractivity contribution is 5.71. The van der Waals surface area contributed by atoms with Crippen LogP contribution in [0.1, 0.15) is 51.9 Å². The Labute approximate surface area is 105 Å². The number of esters is 1. The Morgan fingerprint density at radius 1 is 1.06 bits per heavy atom. The predicted octanol–water partition coefficient (Wildman–Crippen LogP) is 4.02. The molecule has 1 aliphatic heterocycles. The van der Waals surface area contributed by atoms with Crippen LogP contribution in [0.2, 0.25) is 0 Å². The van der Waals surface area contributed by atoms with Crippen LogP contribution in [-0.2, 0) is 9.53 Å². The third kappa shape index (κ3) is 7.78. The molecule has 1 heterocycles. The predicted molar refractivity (Wildman–Crippen MR) is 70.7 cm³/mol. The zero-order chi connectivity index (χ0) is 12.3. The number of cyclic esters (lactones) is 1. The van der Waals surface area contributed by atoms with Gasteiger partial charge in [-0.1, -0.05) is 31.2 Å². The molecule has 0 saturated carbocycles. The molecule has 2 nitrogen and oxygen atoms in total. The smallest absolute Gasteiger partial charge is 0.309 e. The van der Waals surface area contributed by atoms with Crippen molar-refractivity contribution in [2.45, 2.75) is 51.9 Å². The molecular weight excluding hydrogens is 212 g/mol. The first-order valence-electron chi connectivity index (χ1n) is 6.74. The average Bonchev–Trinajstić information content (AvgIpc) is 2.31. The average molecular weight is 236 g/mol. The second-order valence-corrected chi connectivity index (χ2v) is 4.77. The Morgan fingerprint density at radius 3 is 2.59 bits per heavy atom. The molecule has 0 aromatic heterocycles. The standard InChI is InChI=1S/C15H24O2/c1-14-10-8-6-4-2-3-5-7-9-11-15(16)17-13-12-14/h4,6-7,9,14H,2-3,5,8,10-13H2,1H3/b6-4?,9-7+. The van der Waals surface area contributed by atoms with E-state index in [1.54, 1.807) is 0 Å². The van der Waals surface area contributed by atoms with Gasteiger partial charge in [0.15, 0.2) is 0 Å². The summed E-state index contributed by atoms with van der Waals surface area (Å²) in [5.74, 6) is 0.537. The normalized spacial score (nSPS) is 26.6. The Balaban J connectivity index is 2.36. The van der Waals surface area contributed by atoms with Gasteiger partial charge < -0.3 is 4.74 Å². The summed E-state index contributed by atoms with van der Waals surface area (Å²) < 4.78 is 5.18. The number of carbonyl (C=O) groups is 1. The minimum absolute atomic E-state index is 0.0959. The lowest BCUT2D eigenvalue weighted by atomic mass is 10.0. The number of hydrogen-bond acceptors (Lipinski definition) is 2. The summed E-state index contributed by atoms with van der Waals surface area (Å²) >= 11 is 0. The molecule has 0 fully saturated rings. The van der Waals surface area contributed by atoms with Crippen molar-refractivity contribution in [3.8, 4) is 0 Å². The van der Waals surface area contributed by atoms with Crippen molar-refractivity contribution in [3.05, 3.63) is 24.3 Å². The molecule has 0 bridgehead atoms. The third-order valence-electron chi connectivity index (χ3n) is 3.06. The summed E-state index contributed by atoms with van der Waals surface area (Å²) in [7, 11) is 0. The van der Waals surface area contributed by atoms with Crippen LogP contribution in [0.15, 0.2) is 24.3 Å². The Bertz CT molecular complexity index is 266. The minimum Gasteiger partial charge on any atom is -0.465 e. The van der Waals surface area contributed by atoms with Crippen LogP contribution in [0.3, 0.4) is 0 Å². The molecule has 96 valence electrons. The van der Waals surface area contributed by atoms with E-state index in [0.29, 0.717) is 18.9 Å². The fourth-order valence-corrected chi connectivity index (χ4v) is 1.84. The van der Waals surface area contributed by atoms with Gasteiger partial charge in [0.25, 0.3) is 0 Å². The van der Waals surface area contributed by atoms with E-state index in [1.165, 1.54) is 6.42 Å². The third-order valence-corrected chi connectivity index (χ3v) is 3.06. The van der Waals surface area contributed by atoms with Gasteiger partial charge in [0.05, 0.1) is 13.0 Å². The van der Waals surface area contributed by atoms with Crippen LogP contribution in [-0.4, -0.2) is 12.6 Å². The number of hydrogen-bond donors (Lipinski definition) is 0. The van der Waals surface area contributed by atoms with Crippen LogP contribution >= 0.6 is 0 Å². The molecular formula is C15H24O2. The number of ether oxygens (including phenoxy) is 1. The molecule has 1 unspecified atom stereocenters. The Kier molecular flexibility index (Phi) is 7.44. The molecule has 1 aliphatic rings. The zero-order valence-corrected chi connectivity index (χ0v) is 10.9. The molecule has 0 aliphatic carbocycles. The molecule has 0 aromatic carbocycles. The van der Waals surface area contributed by atoms with Gasteiger partial charge in [-0.15, -0.1) is 0 Å². The van der Waals surface area contributed by atoms with E-state index < -0.39 is 0 Å². The lowest BCUT2D eigenvalue weighted by Gasteiger charge is -2.09. The SMILES string of the molecule is CC1CCC=CCCC/C=C/CC(=O)OCC1. The molecule has 0 amide bonds. The largest absolute Gasteiger partial charge is 0.465 e. The summed E-state index contributed by atoms with van der Waals surface area (Å²) in [5, 5.41) is 0. The molecule has 17 heavy (non-hydrogen) atoms. The molecule has 0 saturated heterocycles. The number of rotatable bonds is 0. The monoisotopic (exact) mass is 236 g/mol. The quantitative estimate of drug-likeness (QED) is 0.469. The lowest BCUT2D eigenvalue weighted by Crippen LogP contribution is -2.07. The highest BCUT2D eigenvalue weighted by atomic mass is 16.5. The number of allylic oxidation sites excluding steroid dienone is 3. The first-order chi connectivity index (χ1) is 8.29. The van der Waals surface area contributed by atoms with Crippen LogP contribution in [0, 0.1) is 5.92 Å². The van der Waals surface area contributed by atoms with E-state index >= 15 is 0 Å². The van der Waals surface area contributed by atoms with E-state index in [-0.39, 0.29) is 5.97 Å². The summed E-state index contributed by atoms with van der Waals surface area (Å²) in [6, 6.07) is 0. The maximum atomic E-state index is 11.3. The fraction of sp³-hybridized carbons (Fsp3) is 0.667. The highest BCUT2D eigenvalue weighted by Crippen LogP contribution is 2.12. The van der Waals surface area contributed by atoms with Gasteiger partial charge in [-0.05, 0) is 44.4 Å². The molecule has 0 radical (unpaired) electrons. The van der Waals surface area contributed by atoms with Gasteiger partial charge in [0.2, 0.25) is 0 Å². The van der Waals surface area contributed by atoms with Gasteiger partial charge in [-0.3, -0.25) is 4.79 Å². The van der Waals surface area contributed by atoms with Gasteiger partial charge in [-0.2, -0.15) is 0 Å². The summed E-state index contributed by atoms with van der Waals surface area (Å²) in [4.78, 5) is 11.3. The minimum atomic E-state index is -0.0959. The summed E-state index contributed by atoms with van der Waals surface area (Å²) in [6.07, 6.45) is 15.7. The van der Waals surface area contributed by atoms with Gasteiger partial charge in [0, 0.05) is 0 Å². The van der Waals surface area contributed by atoms with Crippen molar-refractivity contribution >= 4 is 5.97 Å². The second-order valence-electron chi connectivity index (χ2n) is 4.77. The summed E-state index contributed by atoms with van der Waals surface area (Å²) in [6.45, 7) is 2.79. The van der Waals surface area contributed by atoms with Crippen LogP contribution in [0.4, 0.5) is 0 Å². The number of carbonyl (C=O) groups excluding carboxylic acids is 1. The first-order valence-corrected chi connectivity index (χ1v) is 6.74. The van der Waals surface area contributed by atoms with Crippen molar-refractivity contribution in [2.24, 2.45) is 5.92 Å².